The van der Waals surface area contributed by atoms with Crippen molar-refractivity contribution >= 4 is 17.7 Å². The van der Waals surface area contributed by atoms with Gasteiger partial charge in [-0.1, -0.05) is 18.2 Å². The van der Waals surface area contributed by atoms with Gasteiger partial charge in [0, 0.05) is 10.6 Å². The van der Waals surface area contributed by atoms with Gasteiger partial charge in [0.05, 0.1) is 18.1 Å². The maximum atomic E-state index is 10.6. The number of aryl methyl sites for hydroxylation is 1. The zero-order chi connectivity index (χ0) is 15.2. The lowest BCUT2D eigenvalue weighted by molar-refractivity contribution is -0.136. The van der Waals surface area contributed by atoms with Crippen molar-refractivity contribution in [3.63, 3.8) is 0 Å². The van der Waals surface area contributed by atoms with Crippen molar-refractivity contribution in [3.05, 3.63) is 64.7 Å². The van der Waals surface area contributed by atoms with Crippen LogP contribution < -0.4 is 0 Å². The normalized spacial score (nSPS) is 10.1. The van der Waals surface area contributed by atoms with Crippen molar-refractivity contribution in [3.8, 4) is 6.07 Å². The first-order valence-electron chi connectivity index (χ1n) is 6.51. The van der Waals surface area contributed by atoms with Gasteiger partial charge in [-0.25, -0.2) is 0 Å². The smallest absolute Gasteiger partial charge is 0.307 e. The Morgan fingerprint density at radius 3 is 2.52 bits per heavy atom. The topological polar surface area (TPSA) is 61.1 Å². The van der Waals surface area contributed by atoms with Gasteiger partial charge < -0.3 is 5.11 Å². The number of hydrogen-bond donors (Lipinski definition) is 1. The summed E-state index contributed by atoms with van der Waals surface area (Å²) in [5.74, 6) is 0.0131. The molecule has 0 aliphatic rings. The Bertz CT molecular complexity index is 687. The summed E-state index contributed by atoms with van der Waals surface area (Å²) in [6.07, 6.45) is 0.0552. The Morgan fingerprint density at radius 1 is 1.24 bits per heavy atom. The van der Waals surface area contributed by atoms with E-state index in [0.717, 1.165) is 21.8 Å². The molecule has 0 spiro atoms. The fraction of sp³-hybridized carbons (Fsp3) is 0.176. The molecule has 0 saturated heterocycles. The largest absolute Gasteiger partial charge is 0.481 e. The fourth-order valence-electron chi connectivity index (χ4n) is 1.97. The van der Waals surface area contributed by atoms with Crippen LogP contribution in [0.2, 0.25) is 0 Å². The van der Waals surface area contributed by atoms with Gasteiger partial charge in [-0.3, -0.25) is 4.79 Å². The number of carbonyl (C=O) groups is 1. The van der Waals surface area contributed by atoms with Gasteiger partial charge in [0.25, 0.3) is 0 Å². The summed E-state index contributed by atoms with van der Waals surface area (Å²) < 4.78 is 0. The number of nitrogens with zero attached hydrogens (tertiary/aromatic N) is 1. The van der Waals surface area contributed by atoms with Crippen LogP contribution in [0.15, 0.2) is 47.4 Å². The summed E-state index contributed by atoms with van der Waals surface area (Å²) >= 11 is 1.70. The van der Waals surface area contributed by atoms with Crippen LogP contribution in [-0.4, -0.2) is 11.1 Å². The third-order valence-electron chi connectivity index (χ3n) is 3.14. The van der Waals surface area contributed by atoms with Crippen LogP contribution in [0.25, 0.3) is 0 Å². The first kappa shape index (κ1) is 15.1. The van der Waals surface area contributed by atoms with E-state index in [2.05, 4.69) is 6.07 Å². The molecule has 4 heteroatoms. The third kappa shape index (κ3) is 4.37. The summed E-state index contributed by atoms with van der Waals surface area (Å²) in [5, 5.41) is 17.6. The minimum Gasteiger partial charge on any atom is -0.481 e. The molecule has 0 aliphatic heterocycles. The molecule has 1 N–H and O–H groups in total. The van der Waals surface area contributed by atoms with E-state index >= 15 is 0 Å². The number of nitriles is 1. The molecule has 0 heterocycles. The molecule has 0 radical (unpaired) electrons. The Kier molecular flexibility index (Phi) is 5.02. The molecule has 0 bridgehead atoms. The van der Waals surface area contributed by atoms with Crippen LogP contribution in [0.3, 0.4) is 0 Å². The van der Waals surface area contributed by atoms with Gasteiger partial charge in [-0.2, -0.15) is 5.26 Å². The van der Waals surface area contributed by atoms with E-state index in [1.54, 1.807) is 11.8 Å². The van der Waals surface area contributed by atoms with Gasteiger partial charge in [0.15, 0.2) is 0 Å². The first-order valence-corrected chi connectivity index (χ1v) is 7.50. The summed E-state index contributed by atoms with van der Waals surface area (Å²) in [4.78, 5) is 11.7. The van der Waals surface area contributed by atoms with Crippen molar-refractivity contribution in [2.24, 2.45) is 0 Å². The summed E-state index contributed by atoms with van der Waals surface area (Å²) in [6, 6.07) is 15.4. The number of carboxylic acid groups (broad SMARTS) is 1. The van der Waals surface area contributed by atoms with Crippen LogP contribution >= 0.6 is 11.8 Å². The molecule has 0 unspecified atom stereocenters. The van der Waals surface area contributed by atoms with Crippen LogP contribution in [-0.2, 0) is 17.0 Å². The van der Waals surface area contributed by atoms with Crippen molar-refractivity contribution < 1.29 is 9.90 Å². The van der Waals surface area contributed by atoms with Gasteiger partial charge in [0.2, 0.25) is 0 Å². The van der Waals surface area contributed by atoms with E-state index in [-0.39, 0.29) is 6.42 Å². The molecular formula is C17H15NO2S. The van der Waals surface area contributed by atoms with Crippen molar-refractivity contribution in [2.75, 3.05) is 0 Å². The molecule has 106 valence electrons. The van der Waals surface area contributed by atoms with Crippen LogP contribution in [0.5, 0.6) is 0 Å². The molecule has 0 fully saturated rings. The summed E-state index contributed by atoms with van der Waals surface area (Å²) in [7, 11) is 0. The molecule has 0 atom stereocenters. The van der Waals surface area contributed by atoms with E-state index in [1.165, 1.54) is 5.56 Å². The minimum absolute atomic E-state index is 0.0552. The lowest BCUT2D eigenvalue weighted by atomic mass is 10.1. The minimum atomic E-state index is -0.816. The Labute approximate surface area is 128 Å². The third-order valence-corrected chi connectivity index (χ3v) is 4.21. The fourth-order valence-corrected chi connectivity index (χ4v) is 2.94. The van der Waals surface area contributed by atoms with Crippen LogP contribution in [0, 0.1) is 18.3 Å². The number of hydrogen-bond acceptors (Lipinski definition) is 3. The number of aliphatic carboxylic acids is 1. The van der Waals surface area contributed by atoms with Gasteiger partial charge in [0.1, 0.15) is 0 Å². The lowest BCUT2D eigenvalue weighted by Gasteiger charge is -2.06. The molecule has 0 aromatic heterocycles. The predicted octanol–water partition coefficient (Wildman–Crippen LogP) is 3.79. The van der Waals surface area contributed by atoms with E-state index < -0.39 is 5.97 Å². The highest BCUT2D eigenvalue weighted by Crippen LogP contribution is 2.25. The standard InChI is InChI=1S/C17H15NO2S/c1-12-8-14(10-18)2-5-15(12)11-21-16-6-3-13(4-7-16)9-17(19)20/h2-8H,9,11H2,1H3,(H,19,20). The van der Waals surface area contributed by atoms with Crippen molar-refractivity contribution in [1.29, 1.82) is 5.26 Å². The van der Waals surface area contributed by atoms with E-state index in [0.29, 0.717) is 5.56 Å². The monoisotopic (exact) mass is 297 g/mol. The molecular weight excluding hydrogens is 282 g/mol. The Hall–Kier alpha value is -2.25. The van der Waals surface area contributed by atoms with E-state index in [4.69, 9.17) is 10.4 Å². The van der Waals surface area contributed by atoms with E-state index in [9.17, 15) is 4.79 Å². The second kappa shape index (κ2) is 6.96. The number of benzene rings is 2. The molecule has 2 aromatic rings. The first-order chi connectivity index (χ1) is 10.1. The van der Waals surface area contributed by atoms with Crippen LogP contribution in [0.1, 0.15) is 22.3 Å². The molecule has 3 nitrogen and oxygen atoms in total. The van der Waals surface area contributed by atoms with Crippen LogP contribution in [0.4, 0.5) is 0 Å². The van der Waals surface area contributed by atoms with Crippen molar-refractivity contribution in [2.45, 2.75) is 24.0 Å². The van der Waals surface area contributed by atoms with Gasteiger partial charge in [-0.05, 0) is 47.9 Å². The highest BCUT2D eigenvalue weighted by atomic mass is 32.2. The lowest BCUT2D eigenvalue weighted by Crippen LogP contribution is -1.99. The maximum Gasteiger partial charge on any atom is 0.307 e. The average Bonchev–Trinajstić information content (AvgIpc) is 2.47. The Balaban J connectivity index is 2.00. The van der Waals surface area contributed by atoms with Gasteiger partial charge in [-0.15, -0.1) is 11.8 Å². The zero-order valence-electron chi connectivity index (χ0n) is 11.7. The quantitative estimate of drug-likeness (QED) is 0.853. The number of carboxylic acids is 1. The summed E-state index contributed by atoms with van der Waals surface area (Å²) in [5.41, 5.74) is 3.80. The summed E-state index contributed by atoms with van der Waals surface area (Å²) in [6.45, 7) is 2.01. The molecule has 2 aromatic carbocycles. The Morgan fingerprint density at radius 2 is 1.95 bits per heavy atom. The maximum absolute atomic E-state index is 10.6. The average molecular weight is 297 g/mol. The molecule has 0 saturated carbocycles. The second-order valence-corrected chi connectivity index (χ2v) is 5.80. The van der Waals surface area contributed by atoms with Crippen molar-refractivity contribution in [1.82, 2.24) is 0 Å². The second-order valence-electron chi connectivity index (χ2n) is 4.76. The molecule has 0 amide bonds. The van der Waals surface area contributed by atoms with E-state index in [1.807, 2.05) is 49.4 Å². The zero-order valence-corrected chi connectivity index (χ0v) is 12.5. The molecule has 0 aliphatic carbocycles. The molecule has 2 rings (SSSR count). The SMILES string of the molecule is Cc1cc(C#N)ccc1CSc1ccc(CC(=O)O)cc1. The highest BCUT2D eigenvalue weighted by molar-refractivity contribution is 7.98. The van der Waals surface area contributed by atoms with Gasteiger partial charge >= 0.3 is 5.97 Å². The number of rotatable bonds is 5. The molecule has 21 heavy (non-hydrogen) atoms. The predicted molar refractivity (Wildman–Crippen MR) is 83.2 cm³/mol. The highest BCUT2D eigenvalue weighted by Gasteiger charge is 2.03. The number of thioether (sulfide) groups is 1.